The van der Waals surface area contributed by atoms with Crippen LogP contribution in [0.25, 0.3) is 0 Å². The molecule has 0 bridgehead atoms. The average molecular weight is 355 g/mol. The molecule has 1 amide bonds. The van der Waals surface area contributed by atoms with Gasteiger partial charge in [-0.25, -0.2) is 0 Å². The molecule has 2 rings (SSSR count). The minimum absolute atomic E-state index is 0.0478. The Morgan fingerprint density at radius 2 is 1.65 bits per heavy atom. The summed E-state index contributed by atoms with van der Waals surface area (Å²) in [7, 11) is 3.24. The highest BCUT2D eigenvalue weighted by Gasteiger charge is 2.16. The lowest BCUT2D eigenvalue weighted by Gasteiger charge is -2.19. The Morgan fingerprint density at radius 3 is 2.27 bits per heavy atom. The van der Waals surface area contributed by atoms with Crippen molar-refractivity contribution in [1.29, 1.82) is 0 Å². The summed E-state index contributed by atoms with van der Waals surface area (Å²) < 4.78 is 10.7. The summed E-state index contributed by atoms with van der Waals surface area (Å²) in [5.74, 6) is 1.42. The number of nitrogens with one attached hydrogen (secondary N) is 1. The van der Waals surface area contributed by atoms with Crippen LogP contribution in [0, 0.1) is 20.8 Å². The SMILES string of the molecule is COc1cc(C)c(C(C)NC(=O)CCc2ccc(C)cc2C)cc1OC. The third-order valence-corrected chi connectivity index (χ3v) is 4.74. The van der Waals surface area contributed by atoms with E-state index in [0.717, 1.165) is 17.5 Å². The van der Waals surface area contributed by atoms with Crippen LogP contribution < -0.4 is 14.8 Å². The fourth-order valence-corrected chi connectivity index (χ4v) is 3.23. The maximum absolute atomic E-state index is 12.4. The summed E-state index contributed by atoms with van der Waals surface area (Å²) in [6.45, 7) is 8.17. The van der Waals surface area contributed by atoms with E-state index in [2.05, 4.69) is 37.4 Å². The molecule has 0 aliphatic heterocycles. The molecule has 0 radical (unpaired) electrons. The molecule has 1 N–H and O–H groups in total. The third kappa shape index (κ3) is 4.78. The Kier molecular flexibility index (Phi) is 6.67. The topological polar surface area (TPSA) is 47.6 Å². The predicted molar refractivity (Wildman–Crippen MR) is 105 cm³/mol. The molecule has 1 unspecified atom stereocenters. The van der Waals surface area contributed by atoms with Gasteiger partial charge in [-0.15, -0.1) is 0 Å². The molecular formula is C22H29NO3. The van der Waals surface area contributed by atoms with Crippen LogP contribution >= 0.6 is 0 Å². The Balaban J connectivity index is 2.02. The molecule has 0 fully saturated rings. The molecule has 0 spiro atoms. The smallest absolute Gasteiger partial charge is 0.220 e. The lowest BCUT2D eigenvalue weighted by molar-refractivity contribution is -0.121. The first-order valence-corrected chi connectivity index (χ1v) is 8.93. The summed E-state index contributed by atoms with van der Waals surface area (Å²) in [6, 6.07) is 10.1. The number of ether oxygens (including phenoxy) is 2. The lowest BCUT2D eigenvalue weighted by atomic mass is 10.00. The maximum Gasteiger partial charge on any atom is 0.220 e. The quantitative estimate of drug-likeness (QED) is 0.799. The number of carbonyl (C=O) groups excluding carboxylic acids is 1. The van der Waals surface area contributed by atoms with Crippen LogP contribution in [-0.4, -0.2) is 20.1 Å². The van der Waals surface area contributed by atoms with Gasteiger partial charge in [0.1, 0.15) is 0 Å². The number of methoxy groups -OCH3 is 2. The molecule has 4 heteroatoms. The van der Waals surface area contributed by atoms with Crippen LogP contribution in [0.4, 0.5) is 0 Å². The molecule has 26 heavy (non-hydrogen) atoms. The van der Waals surface area contributed by atoms with E-state index in [1.165, 1.54) is 16.7 Å². The zero-order valence-electron chi connectivity index (χ0n) is 16.6. The van der Waals surface area contributed by atoms with Gasteiger partial charge < -0.3 is 14.8 Å². The van der Waals surface area contributed by atoms with Crippen molar-refractivity contribution in [2.75, 3.05) is 14.2 Å². The van der Waals surface area contributed by atoms with Gasteiger partial charge in [0, 0.05) is 6.42 Å². The van der Waals surface area contributed by atoms with Crippen molar-refractivity contribution in [2.24, 2.45) is 0 Å². The zero-order chi connectivity index (χ0) is 19.3. The van der Waals surface area contributed by atoms with E-state index < -0.39 is 0 Å². The first-order chi connectivity index (χ1) is 12.3. The van der Waals surface area contributed by atoms with Crippen molar-refractivity contribution in [2.45, 2.75) is 46.6 Å². The second kappa shape index (κ2) is 8.75. The Hall–Kier alpha value is -2.49. The van der Waals surface area contributed by atoms with E-state index in [0.29, 0.717) is 17.9 Å². The van der Waals surface area contributed by atoms with Crippen LogP contribution in [-0.2, 0) is 11.2 Å². The summed E-state index contributed by atoms with van der Waals surface area (Å²) in [6.07, 6.45) is 1.22. The van der Waals surface area contributed by atoms with Crippen LogP contribution in [0.1, 0.15) is 47.2 Å². The Labute approximate surface area is 156 Å². The van der Waals surface area contributed by atoms with Crippen LogP contribution in [0.15, 0.2) is 30.3 Å². The third-order valence-electron chi connectivity index (χ3n) is 4.74. The molecule has 0 saturated heterocycles. The molecule has 0 heterocycles. The maximum atomic E-state index is 12.4. The van der Waals surface area contributed by atoms with Gasteiger partial charge in [0.25, 0.3) is 0 Å². The van der Waals surface area contributed by atoms with E-state index >= 15 is 0 Å². The highest BCUT2D eigenvalue weighted by atomic mass is 16.5. The molecular weight excluding hydrogens is 326 g/mol. The number of hydrogen-bond donors (Lipinski definition) is 1. The molecule has 2 aromatic rings. The zero-order valence-corrected chi connectivity index (χ0v) is 16.6. The number of benzene rings is 2. The van der Waals surface area contributed by atoms with E-state index in [1.54, 1.807) is 14.2 Å². The number of carbonyl (C=O) groups is 1. The van der Waals surface area contributed by atoms with Crippen molar-refractivity contribution in [3.05, 3.63) is 58.1 Å². The van der Waals surface area contributed by atoms with Gasteiger partial charge in [-0.2, -0.15) is 0 Å². The first kappa shape index (κ1) is 19.8. The van der Waals surface area contributed by atoms with Gasteiger partial charge in [-0.05, 0) is 68.5 Å². The monoisotopic (exact) mass is 355 g/mol. The second-order valence-corrected chi connectivity index (χ2v) is 6.78. The van der Waals surface area contributed by atoms with E-state index in [1.807, 2.05) is 26.0 Å². The minimum Gasteiger partial charge on any atom is -0.493 e. The molecule has 140 valence electrons. The summed E-state index contributed by atoms with van der Waals surface area (Å²) in [5, 5.41) is 3.09. The highest BCUT2D eigenvalue weighted by molar-refractivity contribution is 5.76. The van der Waals surface area contributed by atoms with Gasteiger partial charge in [-0.1, -0.05) is 23.8 Å². The largest absolute Gasteiger partial charge is 0.493 e. The normalized spacial score (nSPS) is 11.8. The molecule has 1 atom stereocenters. The van der Waals surface area contributed by atoms with Gasteiger partial charge in [0.2, 0.25) is 5.91 Å². The van der Waals surface area contributed by atoms with Crippen molar-refractivity contribution in [3.63, 3.8) is 0 Å². The van der Waals surface area contributed by atoms with Crippen molar-refractivity contribution < 1.29 is 14.3 Å². The van der Waals surface area contributed by atoms with E-state index in [-0.39, 0.29) is 11.9 Å². The van der Waals surface area contributed by atoms with Gasteiger partial charge in [-0.3, -0.25) is 4.79 Å². The van der Waals surface area contributed by atoms with Crippen LogP contribution in [0.2, 0.25) is 0 Å². The van der Waals surface area contributed by atoms with Gasteiger partial charge in [0.15, 0.2) is 11.5 Å². The van der Waals surface area contributed by atoms with Gasteiger partial charge >= 0.3 is 0 Å². The number of amides is 1. The fourth-order valence-electron chi connectivity index (χ4n) is 3.23. The highest BCUT2D eigenvalue weighted by Crippen LogP contribution is 2.32. The van der Waals surface area contributed by atoms with Crippen molar-refractivity contribution in [1.82, 2.24) is 5.32 Å². The van der Waals surface area contributed by atoms with E-state index in [4.69, 9.17) is 9.47 Å². The lowest BCUT2D eigenvalue weighted by Crippen LogP contribution is -2.27. The van der Waals surface area contributed by atoms with Crippen molar-refractivity contribution >= 4 is 5.91 Å². The van der Waals surface area contributed by atoms with Gasteiger partial charge in [0.05, 0.1) is 20.3 Å². The first-order valence-electron chi connectivity index (χ1n) is 8.93. The molecule has 0 saturated carbocycles. The van der Waals surface area contributed by atoms with Crippen LogP contribution in [0.3, 0.4) is 0 Å². The molecule has 0 aliphatic carbocycles. The average Bonchev–Trinajstić information content (AvgIpc) is 2.60. The summed E-state index contributed by atoms with van der Waals surface area (Å²) >= 11 is 0. The Morgan fingerprint density at radius 1 is 1.00 bits per heavy atom. The molecule has 2 aromatic carbocycles. The summed E-state index contributed by atoms with van der Waals surface area (Å²) in [5.41, 5.74) is 5.79. The minimum atomic E-state index is -0.0959. The molecule has 0 aromatic heterocycles. The molecule has 0 aliphatic rings. The second-order valence-electron chi connectivity index (χ2n) is 6.78. The number of rotatable bonds is 7. The predicted octanol–water partition coefficient (Wildman–Crippen LogP) is 4.44. The van der Waals surface area contributed by atoms with E-state index in [9.17, 15) is 4.79 Å². The fraction of sp³-hybridized carbons (Fsp3) is 0.409. The van der Waals surface area contributed by atoms with Crippen molar-refractivity contribution in [3.8, 4) is 11.5 Å². The van der Waals surface area contributed by atoms with Crippen LogP contribution in [0.5, 0.6) is 11.5 Å². The summed E-state index contributed by atoms with van der Waals surface area (Å²) in [4.78, 5) is 12.4. The standard InChI is InChI=1S/C22H29NO3/c1-14-7-8-18(15(2)11-14)9-10-22(24)23-17(4)19-13-21(26-6)20(25-5)12-16(19)3/h7-8,11-13,17H,9-10H2,1-6H3,(H,23,24). The number of aryl methyl sites for hydroxylation is 4. The number of hydrogen-bond acceptors (Lipinski definition) is 3. The molecule has 4 nitrogen and oxygen atoms in total. The Bertz CT molecular complexity index is 783.